The van der Waals surface area contributed by atoms with Gasteiger partial charge in [-0.25, -0.2) is 0 Å². The zero-order chi connectivity index (χ0) is 14.1. The van der Waals surface area contributed by atoms with Crippen molar-refractivity contribution in [2.45, 2.75) is 50.7 Å². The van der Waals surface area contributed by atoms with Crippen LogP contribution in [-0.4, -0.2) is 34.1 Å². The average molecular weight is 278 g/mol. The molecule has 3 aliphatic carbocycles. The van der Waals surface area contributed by atoms with Crippen molar-refractivity contribution in [1.82, 2.24) is 0 Å². The molecule has 3 N–H and O–H groups in total. The maximum Gasteiger partial charge on any atom is 0.0749 e. The molecule has 0 unspecified atom stereocenters. The number of fused-ring (bicyclic) bond motifs is 1. The molecular weight excluding hydrogens is 252 g/mol. The number of hydrogen-bond donors (Lipinski definition) is 3. The smallest absolute Gasteiger partial charge is 0.0749 e. The first kappa shape index (κ1) is 14.3. The lowest BCUT2D eigenvalue weighted by Crippen LogP contribution is -2.20. The number of rotatable bonds is 4. The van der Waals surface area contributed by atoms with Gasteiger partial charge in [0.25, 0.3) is 0 Å². The van der Waals surface area contributed by atoms with Crippen LogP contribution in [0.3, 0.4) is 0 Å². The Balaban J connectivity index is 1.62. The largest absolute Gasteiger partial charge is 0.392 e. The van der Waals surface area contributed by atoms with E-state index in [1.807, 2.05) is 12.2 Å². The molecule has 5 atom stereocenters. The molecule has 0 bridgehead atoms. The second-order valence-electron chi connectivity index (χ2n) is 6.82. The summed E-state index contributed by atoms with van der Waals surface area (Å²) in [4.78, 5) is 0. The summed E-state index contributed by atoms with van der Waals surface area (Å²) in [6.07, 6.45) is 11.9. The molecule has 2 saturated carbocycles. The fourth-order valence-corrected chi connectivity index (χ4v) is 4.42. The van der Waals surface area contributed by atoms with Crippen molar-refractivity contribution in [3.63, 3.8) is 0 Å². The summed E-state index contributed by atoms with van der Waals surface area (Å²) in [5, 5.41) is 29.7. The van der Waals surface area contributed by atoms with E-state index in [1.54, 1.807) is 0 Å². The molecule has 0 aromatic carbocycles. The summed E-state index contributed by atoms with van der Waals surface area (Å²) in [5.41, 5.74) is 1.11. The van der Waals surface area contributed by atoms with E-state index in [9.17, 15) is 15.3 Å². The standard InChI is InChI=1S/C17H26O3/c18-10-11-7-13-9-17(20)14(15(13)8-11)5-6-16(19)12-3-1-2-4-12/h5-7,12-20H,1-4,8-10H2/b6-5+/t13-,14+,15-,16+,17+/m0/s1. The first-order chi connectivity index (χ1) is 9.69. The Morgan fingerprint density at radius 2 is 2.05 bits per heavy atom. The Morgan fingerprint density at radius 1 is 1.30 bits per heavy atom. The summed E-state index contributed by atoms with van der Waals surface area (Å²) < 4.78 is 0. The van der Waals surface area contributed by atoms with E-state index < -0.39 is 0 Å². The molecule has 0 radical (unpaired) electrons. The molecule has 3 heteroatoms. The first-order valence-corrected chi connectivity index (χ1v) is 8.04. The number of hydrogen-bond acceptors (Lipinski definition) is 3. The van der Waals surface area contributed by atoms with Crippen LogP contribution in [0.5, 0.6) is 0 Å². The maximum absolute atomic E-state index is 10.2. The average Bonchev–Trinajstić information content (AvgIpc) is 3.12. The Labute approximate surface area is 121 Å². The van der Waals surface area contributed by atoms with Crippen molar-refractivity contribution in [3.05, 3.63) is 23.8 Å². The molecule has 3 rings (SSSR count). The van der Waals surface area contributed by atoms with Crippen LogP contribution in [0, 0.1) is 23.7 Å². The second-order valence-corrected chi connectivity index (χ2v) is 6.82. The van der Waals surface area contributed by atoms with Crippen LogP contribution >= 0.6 is 0 Å². The molecule has 3 nitrogen and oxygen atoms in total. The van der Waals surface area contributed by atoms with E-state index >= 15 is 0 Å². The molecule has 0 heterocycles. The Kier molecular flexibility index (Phi) is 4.29. The molecule has 0 aromatic rings. The molecule has 0 saturated heterocycles. The van der Waals surface area contributed by atoms with E-state index in [1.165, 1.54) is 12.8 Å². The Morgan fingerprint density at radius 3 is 2.75 bits per heavy atom. The van der Waals surface area contributed by atoms with E-state index in [0.717, 1.165) is 31.3 Å². The van der Waals surface area contributed by atoms with Gasteiger partial charge >= 0.3 is 0 Å². The Hall–Kier alpha value is -0.640. The van der Waals surface area contributed by atoms with Crippen LogP contribution in [0.25, 0.3) is 0 Å². The normalized spacial score (nSPS) is 39.5. The third kappa shape index (κ3) is 2.72. The highest BCUT2D eigenvalue weighted by atomic mass is 16.3. The highest BCUT2D eigenvalue weighted by Crippen LogP contribution is 2.47. The van der Waals surface area contributed by atoms with Crippen molar-refractivity contribution in [2.24, 2.45) is 23.7 Å². The van der Waals surface area contributed by atoms with Crippen molar-refractivity contribution in [3.8, 4) is 0 Å². The lowest BCUT2D eigenvalue weighted by atomic mass is 9.88. The summed E-state index contributed by atoms with van der Waals surface area (Å²) in [7, 11) is 0. The molecule has 0 aromatic heterocycles. The molecule has 0 spiro atoms. The number of aliphatic hydroxyl groups is 3. The summed E-state index contributed by atoms with van der Waals surface area (Å²) in [5.74, 6) is 1.37. The van der Waals surface area contributed by atoms with Crippen LogP contribution in [0.2, 0.25) is 0 Å². The van der Waals surface area contributed by atoms with Crippen molar-refractivity contribution in [1.29, 1.82) is 0 Å². The van der Waals surface area contributed by atoms with Gasteiger partial charge in [0.1, 0.15) is 0 Å². The van der Waals surface area contributed by atoms with Gasteiger partial charge in [0, 0.05) is 5.92 Å². The predicted octanol–water partition coefficient (Wildman–Crippen LogP) is 2.03. The third-order valence-corrected chi connectivity index (χ3v) is 5.57. The van der Waals surface area contributed by atoms with Crippen LogP contribution in [0.15, 0.2) is 23.8 Å². The molecule has 2 fully saturated rings. The van der Waals surface area contributed by atoms with Gasteiger partial charge in [-0.15, -0.1) is 0 Å². The van der Waals surface area contributed by atoms with Crippen LogP contribution in [0.1, 0.15) is 38.5 Å². The van der Waals surface area contributed by atoms with E-state index in [2.05, 4.69) is 6.08 Å². The molecule has 0 amide bonds. The SMILES string of the molecule is OCC1=C[C@H]2C[C@@H](O)[C@H](/C=C/[C@@H](O)C3CCCC3)[C@H]2C1. The lowest BCUT2D eigenvalue weighted by Gasteiger charge is -2.20. The fourth-order valence-electron chi connectivity index (χ4n) is 4.42. The van der Waals surface area contributed by atoms with Gasteiger partial charge in [0.15, 0.2) is 0 Å². The molecule has 3 aliphatic rings. The number of aliphatic hydroxyl groups excluding tert-OH is 3. The summed E-state index contributed by atoms with van der Waals surface area (Å²) in [6.45, 7) is 0.143. The topological polar surface area (TPSA) is 60.7 Å². The van der Waals surface area contributed by atoms with E-state index in [0.29, 0.717) is 17.8 Å². The van der Waals surface area contributed by atoms with Crippen LogP contribution in [-0.2, 0) is 0 Å². The maximum atomic E-state index is 10.2. The van der Waals surface area contributed by atoms with Crippen molar-refractivity contribution < 1.29 is 15.3 Å². The second kappa shape index (κ2) is 6.00. The van der Waals surface area contributed by atoms with Gasteiger partial charge < -0.3 is 15.3 Å². The van der Waals surface area contributed by atoms with Gasteiger partial charge in [-0.05, 0) is 49.0 Å². The fraction of sp³-hybridized carbons (Fsp3) is 0.765. The minimum Gasteiger partial charge on any atom is -0.392 e. The quantitative estimate of drug-likeness (QED) is 0.690. The molecule has 20 heavy (non-hydrogen) atoms. The lowest BCUT2D eigenvalue weighted by molar-refractivity contribution is 0.135. The predicted molar refractivity (Wildman–Crippen MR) is 78.0 cm³/mol. The number of allylic oxidation sites excluding steroid dienone is 1. The van der Waals surface area contributed by atoms with Gasteiger partial charge in [-0.3, -0.25) is 0 Å². The zero-order valence-electron chi connectivity index (χ0n) is 12.0. The van der Waals surface area contributed by atoms with Gasteiger partial charge in [-0.2, -0.15) is 0 Å². The highest BCUT2D eigenvalue weighted by Gasteiger charge is 2.43. The van der Waals surface area contributed by atoms with Gasteiger partial charge in [0.05, 0.1) is 18.8 Å². The van der Waals surface area contributed by atoms with E-state index in [-0.39, 0.29) is 24.7 Å². The van der Waals surface area contributed by atoms with E-state index in [4.69, 9.17) is 0 Å². The van der Waals surface area contributed by atoms with Crippen LogP contribution < -0.4 is 0 Å². The van der Waals surface area contributed by atoms with Gasteiger partial charge in [-0.1, -0.05) is 31.1 Å². The highest BCUT2D eigenvalue weighted by molar-refractivity contribution is 5.21. The first-order valence-electron chi connectivity index (χ1n) is 8.04. The molecular formula is C17H26O3. The third-order valence-electron chi connectivity index (χ3n) is 5.57. The summed E-state index contributed by atoms with van der Waals surface area (Å²) in [6, 6.07) is 0. The summed E-state index contributed by atoms with van der Waals surface area (Å²) >= 11 is 0. The van der Waals surface area contributed by atoms with Gasteiger partial charge in [0.2, 0.25) is 0 Å². The monoisotopic (exact) mass is 278 g/mol. The Bertz CT molecular complexity index is 395. The zero-order valence-corrected chi connectivity index (χ0v) is 12.0. The minimum atomic E-state index is -0.351. The van der Waals surface area contributed by atoms with Crippen molar-refractivity contribution >= 4 is 0 Å². The molecule has 0 aliphatic heterocycles. The van der Waals surface area contributed by atoms with Crippen molar-refractivity contribution in [2.75, 3.05) is 6.61 Å². The minimum absolute atomic E-state index is 0.136. The molecule has 112 valence electrons. The van der Waals surface area contributed by atoms with Crippen LogP contribution in [0.4, 0.5) is 0 Å².